The number of Topliss-reactive ketones (excluding diaryl/α,β-unsaturated/α-hetero) is 1. The number of hydrogen-bond acceptors (Lipinski definition) is 4. The van der Waals surface area contributed by atoms with E-state index in [1.165, 1.54) is 30.6 Å². The summed E-state index contributed by atoms with van der Waals surface area (Å²) in [4.78, 5) is 18.7. The molecule has 0 radical (unpaired) electrons. The van der Waals surface area contributed by atoms with Crippen LogP contribution in [0, 0.1) is 5.92 Å². The van der Waals surface area contributed by atoms with E-state index in [2.05, 4.69) is 16.8 Å². The molecule has 0 bridgehead atoms. The van der Waals surface area contributed by atoms with Crippen molar-refractivity contribution < 1.29 is 4.79 Å². The minimum Gasteiger partial charge on any atom is -0.348 e. The van der Waals surface area contributed by atoms with Crippen molar-refractivity contribution in [2.45, 2.75) is 33.1 Å². The Kier molecular flexibility index (Phi) is 3.59. The third kappa shape index (κ3) is 2.43. The van der Waals surface area contributed by atoms with Gasteiger partial charge in [-0.15, -0.1) is 0 Å². The van der Waals surface area contributed by atoms with Gasteiger partial charge >= 0.3 is 0 Å². The number of piperidine rings is 1. The summed E-state index contributed by atoms with van der Waals surface area (Å²) < 4.78 is 0. The van der Waals surface area contributed by atoms with Crippen LogP contribution in [0.3, 0.4) is 0 Å². The molecule has 4 heteroatoms. The summed E-state index contributed by atoms with van der Waals surface area (Å²) in [6, 6.07) is 0. The van der Waals surface area contributed by atoms with Crippen molar-refractivity contribution in [3.8, 4) is 0 Å². The van der Waals surface area contributed by atoms with Crippen molar-refractivity contribution in [1.82, 2.24) is 4.98 Å². The van der Waals surface area contributed by atoms with Gasteiger partial charge in [-0.2, -0.15) is 0 Å². The average molecular weight is 238 g/mol. The van der Waals surface area contributed by atoms with E-state index < -0.39 is 0 Å². The predicted molar refractivity (Wildman–Crippen MR) is 67.3 cm³/mol. The van der Waals surface area contributed by atoms with Crippen molar-refractivity contribution in [2.24, 2.45) is 5.92 Å². The van der Waals surface area contributed by atoms with E-state index in [4.69, 9.17) is 0 Å². The quantitative estimate of drug-likeness (QED) is 0.759. The number of aromatic nitrogens is 1. The topological polar surface area (TPSA) is 33.2 Å². The summed E-state index contributed by atoms with van der Waals surface area (Å²) in [5, 5.41) is 1.02. The molecule has 1 saturated heterocycles. The molecule has 2 heterocycles. The second kappa shape index (κ2) is 4.95. The third-order valence-corrected chi connectivity index (χ3v) is 4.37. The van der Waals surface area contributed by atoms with E-state index in [0.29, 0.717) is 0 Å². The van der Waals surface area contributed by atoms with Crippen LogP contribution in [-0.2, 0) is 0 Å². The molecule has 0 aliphatic carbocycles. The highest BCUT2D eigenvalue weighted by atomic mass is 32.1. The first-order valence-electron chi connectivity index (χ1n) is 5.92. The summed E-state index contributed by atoms with van der Waals surface area (Å²) >= 11 is 1.53. The van der Waals surface area contributed by atoms with E-state index in [9.17, 15) is 4.79 Å². The molecular weight excluding hydrogens is 220 g/mol. The van der Waals surface area contributed by atoms with Crippen LogP contribution in [0.4, 0.5) is 5.13 Å². The van der Waals surface area contributed by atoms with E-state index in [0.717, 1.165) is 29.0 Å². The fourth-order valence-electron chi connectivity index (χ4n) is 2.15. The molecular formula is C12H18N2OS. The van der Waals surface area contributed by atoms with Crippen molar-refractivity contribution >= 4 is 22.3 Å². The molecule has 0 spiro atoms. The lowest BCUT2D eigenvalue weighted by atomic mass is 9.96. The largest absolute Gasteiger partial charge is 0.348 e. The first kappa shape index (κ1) is 11.6. The van der Waals surface area contributed by atoms with E-state index in [1.807, 2.05) is 0 Å². The van der Waals surface area contributed by atoms with Gasteiger partial charge in [-0.25, -0.2) is 4.98 Å². The van der Waals surface area contributed by atoms with Crippen LogP contribution in [0.5, 0.6) is 0 Å². The highest BCUT2D eigenvalue weighted by Gasteiger charge is 2.21. The van der Waals surface area contributed by atoms with Crippen LogP contribution in [0.2, 0.25) is 0 Å². The van der Waals surface area contributed by atoms with Gasteiger partial charge in [-0.05, 0) is 18.8 Å². The van der Waals surface area contributed by atoms with Gasteiger partial charge in [0.25, 0.3) is 0 Å². The van der Waals surface area contributed by atoms with Gasteiger partial charge in [0.2, 0.25) is 0 Å². The number of carbonyl (C=O) groups excluding carboxylic acids is 1. The zero-order valence-electron chi connectivity index (χ0n) is 9.90. The molecule has 1 fully saturated rings. The molecule has 1 atom stereocenters. The summed E-state index contributed by atoms with van der Waals surface area (Å²) in [7, 11) is 0. The SMILES string of the molecule is CCC1CCCN(c2ncc(C(C)=O)s2)C1. The molecule has 88 valence electrons. The lowest BCUT2D eigenvalue weighted by Crippen LogP contribution is -2.34. The van der Waals surface area contributed by atoms with Crippen molar-refractivity contribution in [3.63, 3.8) is 0 Å². The maximum atomic E-state index is 11.2. The fraction of sp³-hybridized carbons (Fsp3) is 0.667. The van der Waals surface area contributed by atoms with Crippen LogP contribution in [0.15, 0.2) is 6.20 Å². The monoisotopic (exact) mass is 238 g/mol. The zero-order valence-corrected chi connectivity index (χ0v) is 10.7. The summed E-state index contributed by atoms with van der Waals surface area (Å²) in [6.45, 7) is 6.03. The van der Waals surface area contributed by atoms with Crippen LogP contribution < -0.4 is 4.90 Å². The Labute approximate surface area is 100 Å². The van der Waals surface area contributed by atoms with Crippen LogP contribution in [-0.4, -0.2) is 23.9 Å². The number of anilines is 1. The van der Waals surface area contributed by atoms with E-state index >= 15 is 0 Å². The van der Waals surface area contributed by atoms with Crippen molar-refractivity contribution in [2.75, 3.05) is 18.0 Å². The van der Waals surface area contributed by atoms with Crippen LogP contribution in [0.25, 0.3) is 0 Å². The lowest BCUT2D eigenvalue weighted by molar-refractivity contribution is 0.102. The van der Waals surface area contributed by atoms with Crippen LogP contribution in [0.1, 0.15) is 42.8 Å². The molecule has 0 N–H and O–H groups in total. The van der Waals surface area contributed by atoms with Crippen LogP contribution >= 0.6 is 11.3 Å². The smallest absolute Gasteiger partial charge is 0.185 e. The molecule has 0 amide bonds. The van der Waals surface area contributed by atoms with Crippen molar-refractivity contribution in [1.29, 1.82) is 0 Å². The Balaban J connectivity index is 2.08. The number of hydrogen-bond donors (Lipinski definition) is 0. The highest BCUT2D eigenvalue weighted by molar-refractivity contribution is 7.17. The Morgan fingerprint density at radius 3 is 3.12 bits per heavy atom. The molecule has 1 aromatic heterocycles. The summed E-state index contributed by atoms with van der Waals surface area (Å²) in [6.07, 6.45) is 5.52. The Hall–Kier alpha value is -0.900. The second-order valence-corrected chi connectivity index (χ2v) is 5.43. The third-order valence-electron chi connectivity index (χ3n) is 3.21. The fourth-order valence-corrected chi connectivity index (χ4v) is 2.99. The number of nitrogens with zero attached hydrogens (tertiary/aromatic N) is 2. The first-order valence-corrected chi connectivity index (χ1v) is 6.74. The standard InChI is InChI=1S/C12H18N2OS/c1-3-10-5-4-6-14(8-10)12-13-7-11(16-12)9(2)15/h7,10H,3-6,8H2,1-2H3. The Morgan fingerprint density at radius 2 is 2.50 bits per heavy atom. The van der Waals surface area contributed by atoms with Gasteiger partial charge in [0, 0.05) is 20.0 Å². The highest BCUT2D eigenvalue weighted by Crippen LogP contribution is 2.28. The van der Waals surface area contributed by atoms with Gasteiger partial charge in [0.1, 0.15) is 0 Å². The second-order valence-electron chi connectivity index (χ2n) is 4.43. The van der Waals surface area contributed by atoms with Gasteiger partial charge in [0.15, 0.2) is 10.9 Å². The molecule has 1 aliphatic rings. The number of rotatable bonds is 3. The number of carbonyl (C=O) groups is 1. The Bertz CT molecular complexity index is 375. The predicted octanol–water partition coefficient (Wildman–Crippen LogP) is 2.97. The molecule has 1 aliphatic heterocycles. The minimum absolute atomic E-state index is 0.118. The molecule has 0 aromatic carbocycles. The molecule has 2 rings (SSSR count). The maximum Gasteiger partial charge on any atom is 0.185 e. The van der Waals surface area contributed by atoms with E-state index in [1.54, 1.807) is 13.1 Å². The van der Waals surface area contributed by atoms with Gasteiger partial charge in [-0.3, -0.25) is 4.79 Å². The average Bonchev–Trinajstić information content (AvgIpc) is 2.78. The molecule has 16 heavy (non-hydrogen) atoms. The van der Waals surface area contributed by atoms with Crippen molar-refractivity contribution in [3.05, 3.63) is 11.1 Å². The van der Waals surface area contributed by atoms with Gasteiger partial charge in [0.05, 0.1) is 11.1 Å². The van der Waals surface area contributed by atoms with Gasteiger partial charge in [-0.1, -0.05) is 24.7 Å². The summed E-state index contributed by atoms with van der Waals surface area (Å²) in [5.41, 5.74) is 0. The Morgan fingerprint density at radius 1 is 1.69 bits per heavy atom. The molecule has 1 unspecified atom stereocenters. The molecule has 1 aromatic rings. The zero-order chi connectivity index (χ0) is 11.5. The normalized spacial score (nSPS) is 21.1. The lowest BCUT2D eigenvalue weighted by Gasteiger charge is -2.31. The van der Waals surface area contributed by atoms with Gasteiger partial charge < -0.3 is 4.90 Å². The number of ketones is 1. The molecule has 0 saturated carbocycles. The summed E-state index contributed by atoms with van der Waals surface area (Å²) in [5.74, 6) is 0.909. The van der Waals surface area contributed by atoms with E-state index in [-0.39, 0.29) is 5.78 Å². The maximum absolute atomic E-state index is 11.2. The minimum atomic E-state index is 0.118. The number of thiazole rings is 1. The molecule has 3 nitrogen and oxygen atoms in total. The first-order chi connectivity index (χ1) is 7.70.